The molecule has 0 aromatic heterocycles. The molecule has 0 aliphatic carbocycles. The highest BCUT2D eigenvalue weighted by molar-refractivity contribution is 9.10. The summed E-state index contributed by atoms with van der Waals surface area (Å²) in [7, 11) is 0. The monoisotopic (exact) mass is 226 g/mol. The van der Waals surface area contributed by atoms with Crippen molar-refractivity contribution >= 4 is 27.5 Å². The van der Waals surface area contributed by atoms with Crippen LogP contribution in [-0.2, 0) is 4.79 Å². The van der Waals surface area contributed by atoms with Crippen molar-refractivity contribution in [1.29, 1.82) is 0 Å². The lowest BCUT2D eigenvalue weighted by Gasteiger charge is -1.96. The summed E-state index contributed by atoms with van der Waals surface area (Å²) in [6.45, 7) is 1.27. The maximum absolute atomic E-state index is 11.1. The van der Waals surface area contributed by atoms with E-state index in [1.807, 2.05) is 0 Å². The topological polar surface area (TPSA) is 34.1 Å². The summed E-state index contributed by atoms with van der Waals surface area (Å²) in [4.78, 5) is 21.8. The van der Waals surface area contributed by atoms with Crippen LogP contribution in [0.3, 0.4) is 0 Å². The van der Waals surface area contributed by atoms with Crippen LogP contribution in [0.15, 0.2) is 28.7 Å². The van der Waals surface area contributed by atoms with E-state index in [1.165, 1.54) is 6.92 Å². The first-order valence-electron chi connectivity index (χ1n) is 3.42. The Kier molecular flexibility index (Phi) is 2.76. The fraction of sp³-hybridized carbons (Fsp3) is 0.111. The second-order valence-electron chi connectivity index (χ2n) is 2.40. The Morgan fingerprint density at radius 2 is 2.00 bits per heavy atom. The van der Waals surface area contributed by atoms with E-state index in [0.717, 1.165) is 4.47 Å². The summed E-state index contributed by atoms with van der Waals surface area (Å²) in [6, 6.07) is 6.77. The molecule has 3 heteroatoms. The van der Waals surface area contributed by atoms with Crippen molar-refractivity contribution in [2.45, 2.75) is 6.92 Å². The second-order valence-corrected chi connectivity index (χ2v) is 3.31. The minimum atomic E-state index is -0.448. The highest BCUT2D eigenvalue weighted by atomic mass is 79.9. The molecule has 0 aliphatic heterocycles. The molecule has 0 radical (unpaired) electrons. The van der Waals surface area contributed by atoms with Crippen LogP contribution in [0, 0.1) is 0 Å². The fourth-order valence-corrected chi connectivity index (χ4v) is 1.23. The van der Waals surface area contributed by atoms with E-state index in [4.69, 9.17) is 0 Å². The van der Waals surface area contributed by atoms with Gasteiger partial charge in [0.2, 0.25) is 5.78 Å². The number of Topliss-reactive ketones (excluding diaryl/α,β-unsaturated/α-hetero) is 2. The van der Waals surface area contributed by atoms with Gasteiger partial charge in [-0.3, -0.25) is 9.59 Å². The van der Waals surface area contributed by atoms with Crippen LogP contribution in [0.2, 0.25) is 0 Å². The largest absolute Gasteiger partial charge is 0.291 e. The van der Waals surface area contributed by atoms with Crippen LogP contribution in [0.5, 0.6) is 0 Å². The van der Waals surface area contributed by atoms with Crippen molar-refractivity contribution in [3.8, 4) is 0 Å². The molecule has 0 spiro atoms. The van der Waals surface area contributed by atoms with Crippen LogP contribution in [0.4, 0.5) is 0 Å². The third-order valence-corrected chi connectivity index (χ3v) is 1.90. The van der Waals surface area contributed by atoms with Crippen LogP contribution >= 0.6 is 15.9 Å². The molecule has 0 unspecified atom stereocenters. The van der Waals surface area contributed by atoms with E-state index in [1.54, 1.807) is 24.3 Å². The van der Waals surface area contributed by atoms with Gasteiger partial charge in [-0.2, -0.15) is 0 Å². The standard InChI is InChI=1S/C9H7BrO2/c1-6(11)9(12)7-3-2-4-8(10)5-7/h2-5H,1H3. The minimum Gasteiger partial charge on any atom is -0.291 e. The third-order valence-electron chi connectivity index (χ3n) is 1.41. The summed E-state index contributed by atoms with van der Waals surface area (Å²) < 4.78 is 0.801. The van der Waals surface area contributed by atoms with Crippen LogP contribution in [0.1, 0.15) is 17.3 Å². The quantitative estimate of drug-likeness (QED) is 0.573. The normalized spacial score (nSPS) is 9.50. The minimum absolute atomic E-state index is 0.428. The lowest BCUT2D eigenvalue weighted by Crippen LogP contribution is -2.09. The van der Waals surface area contributed by atoms with Crippen molar-refractivity contribution in [3.63, 3.8) is 0 Å². The van der Waals surface area contributed by atoms with E-state index >= 15 is 0 Å². The van der Waals surface area contributed by atoms with Gasteiger partial charge in [-0.05, 0) is 12.1 Å². The molecule has 0 bridgehead atoms. The highest BCUT2D eigenvalue weighted by Crippen LogP contribution is 2.12. The molecule has 62 valence electrons. The Morgan fingerprint density at radius 3 is 2.50 bits per heavy atom. The Hall–Kier alpha value is -0.960. The lowest BCUT2D eigenvalue weighted by atomic mass is 10.1. The van der Waals surface area contributed by atoms with Crippen molar-refractivity contribution in [1.82, 2.24) is 0 Å². The van der Waals surface area contributed by atoms with Crippen molar-refractivity contribution in [2.75, 3.05) is 0 Å². The van der Waals surface area contributed by atoms with Gasteiger partial charge in [-0.25, -0.2) is 0 Å². The summed E-state index contributed by atoms with van der Waals surface area (Å²) in [5, 5.41) is 0. The number of benzene rings is 1. The van der Waals surface area contributed by atoms with Gasteiger partial charge < -0.3 is 0 Å². The molecule has 2 nitrogen and oxygen atoms in total. The fourth-order valence-electron chi connectivity index (χ4n) is 0.833. The second kappa shape index (κ2) is 3.63. The molecule has 0 aliphatic rings. The number of ketones is 2. The number of carbonyl (C=O) groups is 2. The van der Waals surface area contributed by atoms with Gasteiger partial charge in [-0.1, -0.05) is 28.1 Å². The van der Waals surface area contributed by atoms with Crippen molar-refractivity contribution < 1.29 is 9.59 Å². The maximum atomic E-state index is 11.1. The number of hydrogen-bond acceptors (Lipinski definition) is 2. The van der Waals surface area contributed by atoms with Crippen molar-refractivity contribution in [3.05, 3.63) is 34.3 Å². The van der Waals surface area contributed by atoms with Crippen LogP contribution in [-0.4, -0.2) is 11.6 Å². The van der Waals surface area contributed by atoms with Crippen LogP contribution < -0.4 is 0 Å². The van der Waals surface area contributed by atoms with Gasteiger partial charge in [0, 0.05) is 17.0 Å². The molecule has 1 aromatic rings. The SMILES string of the molecule is CC(=O)C(=O)c1cccc(Br)c1. The molecule has 0 heterocycles. The molecule has 0 saturated carbocycles. The number of rotatable bonds is 2. The molecule has 0 amide bonds. The van der Waals surface area contributed by atoms with Gasteiger partial charge in [0.1, 0.15) is 0 Å². The Labute approximate surface area is 78.7 Å². The maximum Gasteiger partial charge on any atom is 0.228 e. The predicted octanol–water partition coefficient (Wildman–Crippen LogP) is 2.22. The van der Waals surface area contributed by atoms with E-state index in [0.29, 0.717) is 5.56 Å². The molecule has 12 heavy (non-hydrogen) atoms. The first-order valence-corrected chi connectivity index (χ1v) is 4.21. The van der Waals surface area contributed by atoms with E-state index in [9.17, 15) is 9.59 Å². The zero-order valence-corrected chi connectivity index (χ0v) is 8.09. The zero-order valence-electron chi connectivity index (χ0n) is 6.50. The summed E-state index contributed by atoms with van der Waals surface area (Å²) in [5.41, 5.74) is 0.428. The van der Waals surface area contributed by atoms with Crippen molar-refractivity contribution in [2.24, 2.45) is 0 Å². The van der Waals surface area contributed by atoms with E-state index < -0.39 is 11.6 Å². The molecule has 1 aromatic carbocycles. The van der Waals surface area contributed by atoms with Gasteiger partial charge in [0.05, 0.1) is 0 Å². The first kappa shape index (κ1) is 9.13. The summed E-state index contributed by atoms with van der Waals surface area (Å²) in [6.07, 6.45) is 0. The average Bonchev–Trinajstić information content (AvgIpc) is 2.03. The van der Waals surface area contributed by atoms with Gasteiger partial charge in [-0.15, -0.1) is 0 Å². The Bertz CT molecular complexity index is 331. The van der Waals surface area contributed by atoms with Crippen LogP contribution in [0.25, 0.3) is 0 Å². The van der Waals surface area contributed by atoms with Gasteiger partial charge in [0.25, 0.3) is 0 Å². The Morgan fingerprint density at radius 1 is 1.33 bits per heavy atom. The van der Waals surface area contributed by atoms with E-state index in [2.05, 4.69) is 15.9 Å². The van der Waals surface area contributed by atoms with Gasteiger partial charge in [0.15, 0.2) is 5.78 Å². The number of carbonyl (C=O) groups excluding carboxylic acids is 2. The third kappa shape index (κ3) is 2.01. The number of hydrogen-bond donors (Lipinski definition) is 0. The molecule has 0 atom stereocenters. The van der Waals surface area contributed by atoms with Gasteiger partial charge >= 0.3 is 0 Å². The number of halogens is 1. The summed E-state index contributed by atoms with van der Waals surface area (Å²) >= 11 is 3.22. The molecular formula is C9H7BrO2. The highest BCUT2D eigenvalue weighted by Gasteiger charge is 2.10. The molecule has 0 N–H and O–H groups in total. The molecule has 1 rings (SSSR count). The first-order chi connectivity index (χ1) is 5.61. The molecular weight excluding hydrogens is 220 g/mol. The zero-order chi connectivity index (χ0) is 9.14. The smallest absolute Gasteiger partial charge is 0.228 e. The summed E-state index contributed by atoms with van der Waals surface area (Å²) in [5.74, 6) is -0.885. The molecule has 0 fully saturated rings. The average molecular weight is 227 g/mol. The Balaban J connectivity index is 3.04. The lowest BCUT2D eigenvalue weighted by molar-refractivity contribution is -0.113. The van der Waals surface area contributed by atoms with E-state index in [-0.39, 0.29) is 0 Å². The molecule has 0 saturated heterocycles. The predicted molar refractivity (Wildman–Crippen MR) is 49.2 cm³/mol.